The lowest BCUT2D eigenvalue weighted by molar-refractivity contribution is 0.133. The summed E-state index contributed by atoms with van der Waals surface area (Å²) in [5.74, 6) is 0.224. The molecule has 0 saturated heterocycles. The summed E-state index contributed by atoms with van der Waals surface area (Å²) in [4.78, 5) is 0. The molecule has 0 saturated carbocycles. The summed E-state index contributed by atoms with van der Waals surface area (Å²) in [5, 5.41) is 8.61. The van der Waals surface area contributed by atoms with Crippen LogP contribution in [0.2, 0.25) is 0 Å². The van der Waals surface area contributed by atoms with E-state index in [1.165, 1.54) is 12.1 Å². The molecule has 2 N–H and O–H groups in total. The summed E-state index contributed by atoms with van der Waals surface area (Å²) in [6, 6.07) is 2.75. The summed E-state index contributed by atoms with van der Waals surface area (Å²) < 4.78 is 36.0. The molecule has 0 unspecified atom stereocenters. The van der Waals surface area contributed by atoms with Gasteiger partial charge in [0.1, 0.15) is 12.4 Å². The first-order valence-corrected chi connectivity index (χ1v) is 7.35. The van der Waals surface area contributed by atoms with Gasteiger partial charge in [0.2, 0.25) is 5.09 Å². The monoisotopic (exact) mass is 277 g/mol. The maximum Gasteiger partial charge on any atom is 0.273 e. The van der Waals surface area contributed by atoms with Crippen molar-refractivity contribution in [2.45, 2.75) is 31.5 Å². The largest absolute Gasteiger partial charge is 0.446 e. The van der Waals surface area contributed by atoms with Gasteiger partial charge in [-0.1, -0.05) is 6.92 Å². The van der Waals surface area contributed by atoms with Crippen LogP contribution in [0.5, 0.6) is 0 Å². The third-order valence-corrected chi connectivity index (χ3v) is 3.50. The van der Waals surface area contributed by atoms with Crippen molar-refractivity contribution in [1.29, 1.82) is 0 Å². The lowest BCUT2D eigenvalue weighted by atomic mass is 10.4. The average Bonchev–Trinajstić information content (AvgIpc) is 2.83. The molecule has 1 aromatic rings. The van der Waals surface area contributed by atoms with E-state index in [0.29, 0.717) is 26.2 Å². The van der Waals surface area contributed by atoms with Gasteiger partial charge in [0.05, 0.1) is 0 Å². The highest BCUT2D eigenvalue weighted by molar-refractivity contribution is 7.89. The first-order chi connectivity index (χ1) is 8.60. The number of sulfonamides is 1. The Balaban J connectivity index is 2.36. The van der Waals surface area contributed by atoms with Crippen molar-refractivity contribution in [2.24, 2.45) is 0 Å². The third kappa shape index (κ3) is 4.77. The number of hydrogen-bond acceptors (Lipinski definition) is 5. The molecular weight excluding hydrogens is 258 g/mol. The predicted molar refractivity (Wildman–Crippen MR) is 65.5 cm³/mol. The molecule has 6 nitrogen and oxygen atoms in total. The van der Waals surface area contributed by atoms with E-state index in [0.717, 1.165) is 6.42 Å². The van der Waals surface area contributed by atoms with Gasteiger partial charge in [-0.05, 0) is 25.0 Å². The minimum Gasteiger partial charge on any atom is -0.446 e. The normalized spacial score (nSPS) is 11.9. The molecule has 1 heterocycles. The minimum atomic E-state index is -3.63. The molecule has 0 radical (unpaired) electrons. The molecular formula is C11H19NO5S. The summed E-state index contributed by atoms with van der Waals surface area (Å²) in [5.41, 5.74) is 0. The SMILES string of the molecule is CCCOCCCNS(=O)(=O)c1ccc(CO)o1. The third-order valence-electron chi connectivity index (χ3n) is 2.16. The molecule has 1 rings (SSSR count). The second-order valence-corrected chi connectivity index (χ2v) is 5.44. The Labute approximate surface area is 107 Å². The highest BCUT2D eigenvalue weighted by Gasteiger charge is 2.17. The summed E-state index contributed by atoms with van der Waals surface area (Å²) in [6.07, 6.45) is 1.55. The molecule has 7 heteroatoms. The van der Waals surface area contributed by atoms with Crippen molar-refractivity contribution in [1.82, 2.24) is 4.72 Å². The Morgan fingerprint density at radius 2 is 2.17 bits per heavy atom. The van der Waals surface area contributed by atoms with Gasteiger partial charge in [-0.2, -0.15) is 0 Å². The zero-order chi connectivity index (χ0) is 13.4. The molecule has 0 amide bonds. The second-order valence-electron chi connectivity index (χ2n) is 3.74. The fraction of sp³-hybridized carbons (Fsp3) is 0.636. The van der Waals surface area contributed by atoms with E-state index < -0.39 is 10.0 Å². The Kier molecular flexibility index (Phi) is 6.34. The van der Waals surface area contributed by atoms with E-state index in [9.17, 15) is 8.42 Å². The molecule has 1 aromatic heterocycles. The van der Waals surface area contributed by atoms with Crippen LogP contribution in [0.25, 0.3) is 0 Å². The quantitative estimate of drug-likeness (QED) is 0.654. The van der Waals surface area contributed by atoms with Crippen LogP contribution in [-0.2, 0) is 21.4 Å². The van der Waals surface area contributed by atoms with E-state index in [-0.39, 0.29) is 17.5 Å². The molecule has 0 aliphatic rings. The van der Waals surface area contributed by atoms with Crippen molar-refractivity contribution in [2.75, 3.05) is 19.8 Å². The van der Waals surface area contributed by atoms with Crippen LogP contribution < -0.4 is 4.72 Å². The van der Waals surface area contributed by atoms with E-state index in [2.05, 4.69) is 4.72 Å². The first kappa shape index (κ1) is 15.2. The van der Waals surface area contributed by atoms with Crippen LogP contribution in [0.15, 0.2) is 21.6 Å². The Morgan fingerprint density at radius 3 is 2.78 bits per heavy atom. The van der Waals surface area contributed by atoms with Crippen LogP contribution in [0, 0.1) is 0 Å². The van der Waals surface area contributed by atoms with E-state index >= 15 is 0 Å². The second kappa shape index (κ2) is 7.52. The van der Waals surface area contributed by atoms with Crippen LogP contribution in [0.4, 0.5) is 0 Å². The highest BCUT2D eigenvalue weighted by atomic mass is 32.2. The van der Waals surface area contributed by atoms with Gasteiger partial charge in [0.25, 0.3) is 10.0 Å². The van der Waals surface area contributed by atoms with Gasteiger partial charge in [-0.3, -0.25) is 0 Å². The van der Waals surface area contributed by atoms with Crippen LogP contribution in [0.1, 0.15) is 25.5 Å². The summed E-state index contributed by atoms with van der Waals surface area (Å²) in [7, 11) is -3.63. The van der Waals surface area contributed by atoms with Crippen LogP contribution >= 0.6 is 0 Å². The number of furan rings is 1. The van der Waals surface area contributed by atoms with Gasteiger partial charge in [0, 0.05) is 19.8 Å². The zero-order valence-corrected chi connectivity index (χ0v) is 11.2. The number of nitrogens with one attached hydrogen (secondary N) is 1. The number of aliphatic hydroxyl groups is 1. The summed E-state index contributed by atoms with van der Waals surface area (Å²) in [6.45, 7) is 3.20. The fourth-order valence-electron chi connectivity index (χ4n) is 1.29. The summed E-state index contributed by atoms with van der Waals surface area (Å²) >= 11 is 0. The van der Waals surface area contributed by atoms with E-state index in [1.807, 2.05) is 6.92 Å². The molecule has 0 bridgehead atoms. The minimum absolute atomic E-state index is 0.180. The molecule has 0 spiro atoms. The molecule has 18 heavy (non-hydrogen) atoms. The maximum absolute atomic E-state index is 11.7. The standard InChI is InChI=1S/C11H19NO5S/c1-2-7-16-8-3-6-12-18(14,15)11-5-4-10(9-13)17-11/h4-5,12-13H,2-3,6-9H2,1H3. The van der Waals surface area contributed by atoms with Gasteiger partial charge in [-0.25, -0.2) is 13.1 Å². The smallest absolute Gasteiger partial charge is 0.273 e. The molecule has 0 atom stereocenters. The van der Waals surface area contributed by atoms with Crippen molar-refractivity contribution in [3.63, 3.8) is 0 Å². The number of aliphatic hydroxyl groups excluding tert-OH is 1. The van der Waals surface area contributed by atoms with Gasteiger partial charge in [0.15, 0.2) is 0 Å². The lowest BCUT2D eigenvalue weighted by Gasteiger charge is -2.04. The number of hydrogen-bond donors (Lipinski definition) is 2. The van der Waals surface area contributed by atoms with Crippen molar-refractivity contribution >= 4 is 10.0 Å². The van der Waals surface area contributed by atoms with Gasteiger partial charge >= 0.3 is 0 Å². The lowest BCUT2D eigenvalue weighted by Crippen LogP contribution is -2.25. The highest BCUT2D eigenvalue weighted by Crippen LogP contribution is 2.13. The van der Waals surface area contributed by atoms with Gasteiger partial charge in [-0.15, -0.1) is 0 Å². The molecule has 0 fully saturated rings. The van der Waals surface area contributed by atoms with E-state index in [4.69, 9.17) is 14.3 Å². The van der Waals surface area contributed by atoms with Crippen LogP contribution in [-0.4, -0.2) is 33.3 Å². The average molecular weight is 277 g/mol. The molecule has 0 aromatic carbocycles. The van der Waals surface area contributed by atoms with Crippen molar-refractivity contribution in [3.05, 3.63) is 17.9 Å². The Hall–Kier alpha value is -0.890. The number of rotatable bonds is 9. The van der Waals surface area contributed by atoms with Crippen LogP contribution in [0.3, 0.4) is 0 Å². The van der Waals surface area contributed by atoms with Crippen molar-refractivity contribution < 1.29 is 22.7 Å². The molecule has 104 valence electrons. The van der Waals surface area contributed by atoms with Gasteiger partial charge < -0.3 is 14.3 Å². The topological polar surface area (TPSA) is 88.8 Å². The maximum atomic E-state index is 11.7. The zero-order valence-electron chi connectivity index (χ0n) is 10.4. The molecule has 0 aliphatic heterocycles. The number of ether oxygens (including phenoxy) is 1. The first-order valence-electron chi connectivity index (χ1n) is 5.87. The Bertz CT molecular complexity index is 440. The fourth-order valence-corrected chi connectivity index (χ4v) is 2.31. The Morgan fingerprint density at radius 1 is 1.39 bits per heavy atom. The molecule has 0 aliphatic carbocycles. The predicted octanol–water partition coefficient (Wildman–Crippen LogP) is 0.867. The van der Waals surface area contributed by atoms with Crippen molar-refractivity contribution in [3.8, 4) is 0 Å². The van der Waals surface area contributed by atoms with E-state index in [1.54, 1.807) is 0 Å².